The van der Waals surface area contributed by atoms with Crippen molar-refractivity contribution in [1.29, 1.82) is 0 Å². The molecule has 2 aromatic carbocycles. The van der Waals surface area contributed by atoms with Gasteiger partial charge in [0.05, 0.1) is 5.69 Å². The Hall–Kier alpha value is -1.45. The summed E-state index contributed by atoms with van der Waals surface area (Å²) in [6.45, 7) is 2.39. The number of para-hydroxylation sites is 2. The number of anilines is 2. The van der Waals surface area contributed by atoms with E-state index in [9.17, 15) is 0 Å². The van der Waals surface area contributed by atoms with E-state index in [1.165, 1.54) is 41.3 Å². The number of likely N-dealkylation sites (tertiary alicyclic amines) is 1. The van der Waals surface area contributed by atoms with E-state index in [1.54, 1.807) is 5.56 Å². The molecule has 0 aliphatic carbocycles. The highest BCUT2D eigenvalue weighted by Gasteiger charge is 2.44. The SMILES string of the molecule is CN1CCC2[C@@H](C1)c1cccc3c1N2c1ccccc1CS3. The van der Waals surface area contributed by atoms with Crippen LogP contribution in [0.4, 0.5) is 11.4 Å². The first-order valence-corrected chi connectivity index (χ1v) is 9.13. The van der Waals surface area contributed by atoms with E-state index in [0.29, 0.717) is 12.0 Å². The van der Waals surface area contributed by atoms with Crippen molar-refractivity contribution in [2.24, 2.45) is 0 Å². The Morgan fingerprint density at radius 3 is 2.95 bits per heavy atom. The zero-order chi connectivity index (χ0) is 14.7. The van der Waals surface area contributed by atoms with E-state index >= 15 is 0 Å². The first-order valence-electron chi connectivity index (χ1n) is 8.14. The molecule has 0 bridgehead atoms. The largest absolute Gasteiger partial charge is 0.336 e. The van der Waals surface area contributed by atoms with Gasteiger partial charge < -0.3 is 9.80 Å². The summed E-state index contributed by atoms with van der Waals surface area (Å²) in [5, 5.41) is 0. The van der Waals surface area contributed by atoms with Crippen LogP contribution < -0.4 is 4.90 Å². The monoisotopic (exact) mass is 308 g/mol. The predicted octanol–water partition coefficient (Wildman–Crippen LogP) is 4.23. The minimum Gasteiger partial charge on any atom is -0.336 e. The number of likely N-dealkylation sites (N-methyl/N-ethyl adjacent to an activating group) is 1. The van der Waals surface area contributed by atoms with Crippen molar-refractivity contribution in [2.45, 2.75) is 29.0 Å². The van der Waals surface area contributed by atoms with Crippen molar-refractivity contribution >= 4 is 23.1 Å². The van der Waals surface area contributed by atoms with E-state index < -0.39 is 0 Å². The molecule has 0 aromatic heterocycles. The normalized spacial score (nSPS) is 26.1. The van der Waals surface area contributed by atoms with E-state index in [-0.39, 0.29) is 0 Å². The van der Waals surface area contributed by atoms with Gasteiger partial charge in [-0.15, -0.1) is 11.8 Å². The summed E-state index contributed by atoms with van der Waals surface area (Å²) in [5.41, 5.74) is 5.99. The topological polar surface area (TPSA) is 6.48 Å². The van der Waals surface area contributed by atoms with Crippen molar-refractivity contribution in [3.05, 3.63) is 53.6 Å². The molecule has 1 fully saturated rings. The lowest BCUT2D eigenvalue weighted by molar-refractivity contribution is 0.236. The van der Waals surface area contributed by atoms with Gasteiger partial charge in [-0.2, -0.15) is 0 Å². The van der Waals surface area contributed by atoms with Crippen molar-refractivity contribution < 1.29 is 0 Å². The Labute approximate surface area is 136 Å². The van der Waals surface area contributed by atoms with E-state index in [1.807, 2.05) is 11.8 Å². The van der Waals surface area contributed by atoms with Crippen LogP contribution in [0.25, 0.3) is 0 Å². The average Bonchev–Trinajstić information content (AvgIpc) is 2.77. The fourth-order valence-corrected chi connectivity index (χ4v) is 5.50. The Morgan fingerprint density at radius 1 is 1.09 bits per heavy atom. The van der Waals surface area contributed by atoms with E-state index in [2.05, 4.69) is 59.3 Å². The summed E-state index contributed by atoms with van der Waals surface area (Å²) in [5.74, 6) is 1.74. The van der Waals surface area contributed by atoms with Crippen LogP contribution in [0.15, 0.2) is 47.4 Å². The highest BCUT2D eigenvalue weighted by molar-refractivity contribution is 7.98. The molecule has 22 heavy (non-hydrogen) atoms. The molecular formula is C19H20N2S. The molecule has 0 amide bonds. The molecule has 3 heterocycles. The maximum atomic E-state index is 2.68. The Balaban J connectivity index is 1.75. The van der Waals surface area contributed by atoms with Gasteiger partial charge in [-0.3, -0.25) is 0 Å². The van der Waals surface area contributed by atoms with Crippen molar-refractivity contribution in [2.75, 3.05) is 25.0 Å². The zero-order valence-corrected chi connectivity index (χ0v) is 13.6. The van der Waals surface area contributed by atoms with Gasteiger partial charge in [-0.25, -0.2) is 0 Å². The number of hydrogen-bond donors (Lipinski definition) is 0. The Morgan fingerprint density at radius 2 is 2.00 bits per heavy atom. The third-order valence-corrected chi connectivity index (χ3v) is 6.51. The molecule has 3 heteroatoms. The highest BCUT2D eigenvalue weighted by atomic mass is 32.2. The molecule has 3 aliphatic rings. The average molecular weight is 308 g/mol. The second-order valence-electron chi connectivity index (χ2n) is 6.71. The van der Waals surface area contributed by atoms with Gasteiger partial charge in [-0.1, -0.05) is 30.3 Å². The predicted molar refractivity (Wildman–Crippen MR) is 93.2 cm³/mol. The molecule has 0 spiro atoms. The summed E-state index contributed by atoms with van der Waals surface area (Å²) in [4.78, 5) is 6.63. The lowest BCUT2D eigenvalue weighted by Crippen LogP contribution is -2.43. The van der Waals surface area contributed by atoms with Gasteiger partial charge in [0.1, 0.15) is 0 Å². The molecular weight excluding hydrogens is 288 g/mol. The van der Waals surface area contributed by atoms with Crippen LogP contribution in [0.1, 0.15) is 23.5 Å². The molecule has 2 nitrogen and oxygen atoms in total. The maximum absolute atomic E-state index is 2.68. The lowest BCUT2D eigenvalue weighted by atomic mass is 9.89. The summed E-state index contributed by atoms with van der Waals surface area (Å²) >= 11 is 2.00. The molecule has 0 saturated carbocycles. The first-order chi connectivity index (χ1) is 10.8. The standard InChI is InChI=1S/C19H20N2S/c1-20-10-9-17-15(11-20)14-6-4-8-18-19(14)21(17)16-7-3-2-5-13(16)12-22-18/h2-8,15,17H,9-12H2,1H3/t15-,17?/m0/s1. The van der Waals surface area contributed by atoms with Crippen LogP contribution in [-0.2, 0) is 5.75 Å². The minimum atomic E-state index is 0.632. The molecule has 1 unspecified atom stereocenters. The van der Waals surface area contributed by atoms with Crippen molar-refractivity contribution in [3.8, 4) is 0 Å². The quantitative estimate of drug-likeness (QED) is 0.719. The number of rotatable bonds is 0. The van der Waals surface area contributed by atoms with Crippen LogP contribution in [0.5, 0.6) is 0 Å². The first kappa shape index (κ1) is 13.0. The maximum Gasteiger partial charge on any atom is 0.0588 e. The zero-order valence-electron chi connectivity index (χ0n) is 12.8. The van der Waals surface area contributed by atoms with Gasteiger partial charge in [0.25, 0.3) is 0 Å². The molecule has 2 aromatic rings. The summed E-state index contributed by atoms with van der Waals surface area (Å²) in [6.07, 6.45) is 1.26. The third-order valence-electron chi connectivity index (χ3n) is 5.42. The highest BCUT2D eigenvalue weighted by Crippen LogP contribution is 2.54. The lowest BCUT2D eigenvalue weighted by Gasteiger charge is -2.37. The molecule has 2 atom stereocenters. The van der Waals surface area contributed by atoms with Gasteiger partial charge >= 0.3 is 0 Å². The van der Waals surface area contributed by atoms with Crippen LogP contribution in [-0.4, -0.2) is 31.1 Å². The summed E-state index contributed by atoms with van der Waals surface area (Å²) in [6, 6.07) is 16.6. The molecule has 1 saturated heterocycles. The number of piperidine rings is 1. The van der Waals surface area contributed by atoms with E-state index in [0.717, 1.165) is 5.75 Å². The smallest absolute Gasteiger partial charge is 0.0588 e. The van der Waals surface area contributed by atoms with Crippen LogP contribution in [0.3, 0.4) is 0 Å². The third kappa shape index (κ3) is 1.73. The fourth-order valence-electron chi connectivity index (χ4n) is 4.42. The van der Waals surface area contributed by atoms with Crippen LogP contribution in [0, 0.1) is 0 Å². The second kappa shape index (κ2) is 4.77. The molecule has 0 N–H and O–H groups in total. The molecule has 3 aliphatic heterocycles. The Bertz CT molecular complexity index is 742. The van der Waals surface area contributed by atoms with E-state index in [4.69, 9.17) is 0 Å². The summed E-state index contributed by atoms with van der Waals surface area (Å²) in [7, 11) is 2.26. The van der Waals surface area contributed by atoms with Gasteiger partial charge in [0.2, 0.25) is 0 Å². The number of nitrogens with zero attached hydrogens (tertiary/aromatic N) is 2. The number of fused-ring (bicyclic) bond motifs is 5. The van der Waals surface area contributed by atoms with Gasteiger partial charge in [0, 0.05) is 34.8 Å². The van der Waals surface area contributed by atoms with Crippen LogP contribution in [0.2, 0.25) is 0 Å². The fraction of sp³-hybridized carbons (Fsp3) is 0.368. The Kier molecular flexibility index (Phi) is 2.83. The molecule has 5 rings (SSSR count). The second-order valence-corrected chi connectivity index (χ2v) is 7.72. The van der Waals surface area contributed by atoms with Gasteiger partial charge in [-0.05, 0) is 43.3 Å². The van der Waals surface area contributed by atoms with Crippen molar-refractivity contribution in [1.82, 2.24) is 4.90 Å². The van der Waals surface area contributed by atoms with Crippen molar-refractivity contribution in [3.63, 3.8) is 0 Å². The molecule has 112 valence electrons. The molecule has 0 radical (unpaired) electrons. The number of benzene rings is 2. The number of hydrogen-bond acceptors (Lipinski definition) is 3. The summed E-state index contributed by atoms with van der Waals surface area (Å²) < 4.78 is 0. The van der Waals surface area contributed by atoms with Gasteiger partial charge in [0.15, 0.2) is 0 Å². The number of thioether (sulfide) groups is 1. The minimum absolute atomic E-state index is 0.632. The van der Waals surface area contributed by atoms with Crippen LogP contribution >= 0.6 is 11.8 Å².